The van der Waals surface area contributed by atoms with E-state index >= 15 is 0 Å². The molecule has 3 aromatic rings. The molecular formula is C22H20F4N4O2. The lowest BCUT2D eigenvalue weighted by atomic mass is 10.0. The van der Waals surface area contributed by atoms with Crippen LogP contribution in [0.2, 0.25) is 0 Å². The number of hydrogen-bond acceptors (Lipinski definition) is 4. The molecule has 0 bridgehead atoms. The first-order valence-corrected chi connectivity index (χ1v) is 9.94. The van der Waals surface area contributed by atoms with Crippen molar-refractivity contribution in [1.82, 2.24) is 15.5 Å². The number of rotatable bonds is 5. The van der Waals surface area contributed by atoms with Gasteiger partial charge in [-0.3, -0.25) is 9.89 Å². The van der Waals surface area contributed by atoms with Gasteiger partial charge in [-0.05, 0) is 35.9 Å². The second-order valence-electron chi connectivity index (χ2n) is 7.27. The van der Waals surface area contributed by atoms with Gasteiger partial charge in [-0.15, -0.1) is 0 Å². The van der Waals surface area contributed by atoms with Crippen LogP contribution in [0.4, 0.5) is 23.2 Å². The summed E-state index contributed by atoms with van der Waals surface area (Å²) in [6.07, 6.45) is -4.55. The summed E-state index contributed by atoms with van der Waals surface area (Å²) in [5, 5.41) is 9.03. The van der Waals surface area contributed by atoms with Gasteiger partial charge in [0, 0.05) is 30.9 Å². The molecule has 0 atom stereocenters. The lowest BCUT2D eigenvalue weighted by Crippen LogP contribution is -2.37. The molecule has 6 nitrogen and oxygen atoms in total. The summed E-state index contributed by atoms with van der Waals surface area (Å²) in [6, 6.07) is 10.6. The fraction of sp³-hybridized carbons (Fsp3) is 0.273. The average Bonchev–Trinajstić information content (AvgIpc) is 3.28. The zero-order chi connectivity index (χ0) is 22.7. The van der Waals surface area contributed by atoms with E-state index in [2.05, 4.69) is 15.5 Å². The summed E-state index contributed by atoms with van der Waals surface area (Å²) in [6.45, 7) is 2.44. The third-order valence-corrected chi connectivity index (χ3v) is 5.16. The number of nitrogens with one attached hydrogen (secondary N) is 2. The number of morpholine rings is 1. The van der Waals surface area contributed by atoms with Crippen molar-refractivity contribution in [1.29, 1.82) is 0 Å². The van der Waals surface area contributed by atoms with Crippen molar-refractivity contribution >= 4 is 11.6 Å². The summed E-state index contributed by atoms with van der Waals surface area (Å²) in [7, 11) is 0. The van der Waals surface area contributed by atoms with Crippen LogP contribution in [-0.4, -0.2) is 42.4 Å². The molecule has 32 heavy (non-hydrogen) atoms. The van der Waals surface area contributed by atoms with Crippen molar-refractivity contribution < 1.29 is 27.1 Å². The van der Waals surface area contributed by atoms with Gasteiger partial charge < -0.3 is 15.0 Å². The van der Waals surface area contributed by atoms with Crippen LogP contribution in [0.5, 0.6) is 0 Å². The maximum Gasteiger partial charge on any atom is 0.417 e. The molecule has 2 heterocycles. The Kier molecular flexibility index (Phi) is 6.13. The second-order valence-corrected chi connectivity index (χ2v) is 7.27. The maximum absolute atomic E-state index is 13.8. The number of aromatic nitrogens is 2. The zero-order valence-electron chi connectivity index (χ0n) is 16.9. The minimum Gasteiger partial charge on any atom is -0.378 e. The van der Waals surface area contributed by atoms with Crippen molar-refractivity contribution in [3.63, 3.8) is 0 Å². The Morgan fingerprint density at radius 3 is 2.62 bits per heavy atom. The standard InChI is InChI=1S/C22H20F4N4O2/c23-15-5-6-20(30-7-9-32-10-8-30)14(11-15)13-27-21(31)19-12-18(28-29-19)16-3-1-2-4-17(16)22(24,25)26/h1-6,11-12H,7-10,13H2,(H,27,31)(H,28,29). The molecule has 0 radical (unpaired) electrons. The molecule has 0 saturated carbocycles. The molecule has 4 rings (SSSR count). The van der Waals surface area contributed by atoms with E-state index in [-0.39, 0.29) is 23.5 Å². The van der Waals surface area contributed by atoms with Crippen molar-refractivity contribution in [3.05, 3.63) is 71.2 Å². The van der Waals surface area contributed by atoms with Gasteiger partial charge in [0.2, 0.25) is 0 Å². The Hall–Kier alpha value is -3.40. The molecule has 1 aliphatic heterocycles. The lowest BCUT2D eigenvalue weighted by Gasteiger charge is -2.30. The molecule has 0 unspecified atom stereocenters. The fourth-order valence-corrected chi connectivity index (χ4v) is 3.61. The number of hydrogen-bond donors (Lipinski definition) is 2. The first kappa shape index (κ1) is 21.8. The summed E-state index contributed by atoms with van der Waals surface area (Å²) >= 11 is 0. The van der Waals surface area contributed by atoms with Crippen LogP contribution >= 0.6 is 0 Å². The van der Waals surface area contributed by atoms with E-state index in [0.29, 0.717) is 31.9 Å². The molecule has 1 fully saturated rings. The van der Waals surface area contributed by atoms with Crippen LogP contribution in [0.1, 0.15) is 21.6 Å². The second kappa shape index (κ2) is 8.99. The summed E-state index contributed by atoms with van der Waals surface area (Å²) < 4.78 is 59.0. The highest BCUT2D eigenvalue weighted by atomic mass is 19.4. The Labute approximate surface area is 181 Å². The van der Waals surface area contributed by atoms with Gasteiger partial charge in [-0.1, -0.05) is 18.2 Å². The van der Waals surface area contributed by atoms with Crippen LogP contribution in [0.3, 0.4) is 0 Å². The highest BCUT2D eigenvalue weighted by Crippen LogP contribution is 2.36. The molecule has 168 valence electrons. The Morgan fingerprint density at radius 2 is 1.88 bits per heavy atom. The number of nitrogens with zero attached hydrogens (tertiary/aromatic N) is 2. The first-order chi connectivity index (χ1) is 15.3. The van der Waals surface area contributed by atoms with Crippen molar-refractivity contribution in [3.8, 4) is 11.3 Å². The largest absolute Gasteiger partial charge is 0.417 e. The molecule has 1 aliphatic rings. The Bertz CT molecular complexity index is 1110. The van der Waals surface area contributed by atoms with Crippen LogP contribution < -0.4 is 10.2 Å². The minimum atomic E-state index is -4.55. The van der Waals surface area contributed by atoms with Crippen LogP contribution in [-0.2, 0) is 17.5 Å². The highest BCUT2D eigenvalue weighted by molar-refractivity contribution is 5.93. The third-order valence-electron chi connectivity index (χ3n) is 5.16. The number of ether oxygens (including phenoxy) is 1. The van der Waals surface area contributed by atoms with E-state index < -0.39 is 23.5 Å². The van der Waals surface area contributed by atoms with E-state index in [1.807, 2.05) is 4.90 Å². The summed E-state index contributed by atoms with van der Waals surface area (Å²) in [4.78, 5) is 14.6. The van der Waals surface area contributed by atoms with Crippen molar-refractivity contribution in [2.45, 2.75) is 12.7 Å². The molecule has 0 aliphatic carbocycles. The monoisotopic (exact) mass is 448 g/mol. The van der Waals surface area contributed by atoms with Gasteiger partial charge in [0.25, 0.3) is 5.91 Å². The lowest BCUT2D eigenvalue weighted by molar-refractivity contribution is -0.137. The quantitative estimate of drug-likeness (QED) is 0.579. The number of halogens is 4. The third kappa shape index (κ3) is 4.75. The molecule has 1 aromatic heterocycles. The van der Waals surface area contributed by atoms with Gasteiger partial charge >= 0.3 is 6.18 Å². The van der Waals surface area contributed by atoms with Crippen LogP contribution in [0, 0.1) is 5.82 Å². The van der Waals surface area contributed by atoms with Crippen LogP contribution in [0.25, 0.3) is 11.3 Å². The number of carbonyl (C=O) groups is 1. The molecular weight excluding hydrogens is 428 g/mol. The molecule has 2 aromatic carbocycles. The van der Waals surface area contributed by atoms with Crippen molar-refractivity contribution in [2.24, 2.45) is 0 Å². The van der Waals surface area contributed by atoms with Gasteiger partial charge in [0.15, 0.2) is 0 Å². The predicted octanol–water partition coefficient (Wildman–Crippen LogP) is 4.00. The molecule has 10 heteroatoms. The van der Waals surface area contributed by atoms with Crippen LogP contribution in [0.15, 0.2) is 48.5 Å². The van der Waals surface area contributed by atoms with E-state index in [1.165, 1.54) is 36.4 Å². The molecule has 0 spiro atoms. The number of anilines is 1. The maximum atomic E-state index is 13.8. The smallest absolute Gasteiger partial charge is 0.378 e. The highest BCUT2D eigenvalue weighted by Gasteiger charge is 2.34. The predicted molar refractivity (Wildman–Crippen MR) is 110 cm³/mol. The number of carbonyl (C=O) groups excluding carboxylic acids is 1. The fourth-order valence-electron chi connectivity index (χ4n) is 3.61. The number of aromatic amines is 1. The summed E-state index contributed by atoms with van der Waals surface area (Å²) in [5.41, 5.74) is 0.411. The number of H-pyrrole nitrogens is 1. The topological polar surface area (TPSA) is 70.2 Å². The Morgan fingerprint density at radius 1 is 1.12 bits per heavy atom. The van der Waals surface area contributed by atoms with E-state index in [4.69, 9.17) is 4.74 Å². The Balaban J connectivity index is 1.50. The van der Waals surface area contributed by atoms with Gasteiger partial charge in [0.1, 0.15) is 11.5 Å². The van der Waals surface area contributed by atoms with E-state index in [9.17, 15) is 22.4 Å². The average molecular weight is 448 g/mol. The first-order valence-electron chi connectivity index (χ1n) is 9.94. The van der Waals surface area contributed by atoms with E-state index in [1.54, 1.807) is 6.07 Å². The van der Waals surface area contributed by atoms with E-state index in [0.717, 1.165) is 11.8 Å². The molecule has 1 amide bonds. The number of benzene rings is 2. The molecule has 2 N–H and O–H groups in total. The minimum absolute atomic E-state index is 0.00121. The van der Waals surface area contributed by atoms with Gasteiger partial charge in [0.05, 0.1) is 24.5 Å². The van der Waals surface area contributed by atoms with Crippen molar-refractivity contribution in [2.75, 3.05) is 31.2 Å². The summed E-state index contributed by atoms with van der Waals surface area (Å²) in [5.74, 6) is -0.996. The normalized spacial score (nSPS) is 14.4. The SMILES string of the molecule is O=C(NCc1cc(F)ccc1N1CCOCC1)c1cc(-c2ccccc2C(F)(F)F)n[nH]1. The zero-order valence-corrected chi connectivity index (χ0v) is 16.9. The molecule has 1 saturated heterocycles. The number of alkyl halides is 3. The van der Waals surface area contributed by atoms with Gasteiger partial charge in [-0.2, -0.15) is 18.3 Å². The van der Waals surface area contributed by atoms with Gasteiger partial charge in [-0.25, -0.2) is 4.39 Å². The number of amides is 1.